The van der Waals surface area contributed by atoms with Gasteiger partial charge in [-0.05, 0) is 29.7 Å². The van der Waals surface area contributed by atoms with Crippen molar-refractivity contribution < 1.29 is 19.1 Å². The van der Waals surface area contributed by atoms with Crippen LogP contribution in [0.1, 0.15) is 17.0 Å². The molecule has 1 unspecified atom stereocenters. The van der Waals surface area contributed by atoms with E-state index in [-0.39, 0.29) is 11.8 Å². The van der Waals surface area contributed by atoms with Crippen LogP contribution in [-0.4, -0.2) is 30.9 Å². The van der Waals surface area contributed by atoms with Gasteiger partial charge in [0.15, 0.2) is 0 Å². The Morgan fingerprint density at radius 2 is 1.77 bits per heavy atom. The van der Waals surface area contributed by atoms with E-state index in [1.165, 1.54) is 12.0 Å². The maximum absolute atomic E-state index is 12.8. The molecule has 0 aliphatic carbocycles. The smallest absolute Gasteiger partial charge is 0.333 e. The predicted octanol–water partition coefficient (Wildman–Crippen LogP) is 3.11. The minimum atomic E-state index is -0.624. The number of hydrogen-bond acceptors (Lipinski definition) is 4. The zero-order valence-electron chi connectivity index (χ0n) is 14.1. The van der Waals surface area contributed by atoms with Crippen molar-refractivity contribution in [2.24, 2.45) is 0 Å². The molecular weight excluding hydrogens is 356 g/mol. The van der Waals surface area contributed by atoms with E-state index in [0.717, 1.165) is 5.56 Å². The molecule has 1 heterocycles. The molecule has 3 amide bonds. The number of imide groups is 1. The summed E-state index contributed by atoms with van der Waals surface area (Å²) in [7, 11) is 1.34. The maximum atomic E-state index is 12.8. The van der Waals surface area contributed by atoms with Gasteiger partial charge in [0.2, 0.25) is 5.91 Å². The Morgan fingerprint density at radius 1 is 1.12 bits per heavy atom. The van der Waals surface area contributed by atoms with Gasteiger partial charge >= 0.3 is 12.0 Å². The number of esters is 1. The first-order chi connectivity index (χ1) is 12.6. The highest BCUT2D eigenvalue weighted by Crippen LogP contribution is 2.41. The van der Waals surface area contributed by atoms with E-state index in [4.69, 9.17) is 16.3 Å². The number of methoxy groups -OCH3 is 1. The first-order valence-electron chi connectivity index (χ1n) is 8.01. The molecule has 26 heavy (non-hydrogen) atoms. The van der Waals surface area contributed by atoms with Crippen LogP contribution in [0.25, 0.3) is 0 Å². The van der Waals surface area contributed by atoms with Gasteiger partial charge in [0.1, 0.15) is 5.88 Å². The normalized spacial score (nSPS) is 15.3. The molecule has 0 fully saturated rings. The number of alkyl halides is 1. The van der Waals surface area contributed by atoms with Crippen LogP contribution in [0.4, 0.5) is 16.2 Å². The SMILES string of the molecule is COC(=O)C1Cc2ccccc2N(C(=O)NC(=O)CCl)c2ccccc21. The highest BCUT2D eigenvalue weighted by atomic mass is 35.5. The van der Waals surface area contributed by atoms with Crippen molar-refractivity contribution in [1.29, 1.82) is 0 Å². The molecule has 0 aromatic heterocycles. The number of anilines is 2. The average Bonchev–Trinajstić information content (AvgIpc) is 2.81. The van der Waals surface area contributed by atoms with Gasteiger partial charge < -0.3 is 4.74 Å². The Kier molecular flexibility index (Phi) is 5.23. The highest BCUT2D eigenvalue weighted by Gasteiger charge is 2.34. The fourth-order valence-electron chi connectivity index (χ4n) is 3.13. The van der Waals surface area contributed by atoms with Gasteiger partial charge in [0.25, 0.3) is 0 Å². The number of carbonyl (C=O) groups is 3. The standard InChI is InChI=1S/C19H17ClN2O4/c1-26-18(24)14-10-12-6-2-4-8-15(12)22(19(25)21-17(23)11-20)16-9-5-3-7-13(14)16/h2-9,14H,10-11H2,1H3,(H,21,23,25). The van der Waals surface area contributed by atoms with Crippen molar-refractivity contribution in [3.8, 4) is 0 Å². The first-order valence-corrected chi connectivity index (χ1v) is 8.54. The van der Waals surface area contributed by atoms with Gasteiger partial charge in [-0.15, -0.1) is 11.6 Å². The van der Waals surface area contributed by atoms with E-state index in [1.807, 2.05) is 12.1 Å². The van der Waals surface area contributed by atoms with Crippen molar-refractivity contribution in [1.82, 2.24) is 5.32 Å². The lowest BCUT2D eigenvalue weighted by Crippen LogP contribution is -2.41. The van der Waals surface area contributed by atoms with Crippen LogP contribution in [0.2, 0.25) is 0 Å². The minimum Gasteiger partial charge on any atom is -0.469 e. The summed E-state index contributed by atoms with van der Waals surface area (Å²) in [6.45, 7) is 0. The lowest BCUT2D eigenvalue weighted by Gasteiger charge is -2.25. The quantitative estimate of drug-likeness (QED) is 0.649. The van der Waals surface area contributed by atoms with Crippen molar-refractivity contribution in [2.75, 3.05) is 17.9 Å². The average molecular weight is 373 g/mol. The Balaban J connectivity index is 2.18. The van der Waals surface area contributed by atoms with Gasteiger partial charge in [0.05, 0.1) is 24.4 Å². The summed E-state index contributed by atoms with van der Waals surface area (Å²) in [6.07, 6.45) is 0.382. The number of fused-ring (bicyclic) bond motifs is 2. The summed E-state index contributed by atoms with van der Waals surface area (Å²) in [6, 6.07) is 13.7. The summed E-state index contributed by atoms with van der Waals surface area (Å²) in [5, 5.41) is 2.27. The van der Waals surface area contributed by atoms with Crippen LogP contribution in [0.3, 0.4) is 0 Å². The van der Waals surface area contributed by atoms with Crippen LogP contribution in [-0.2, 0) is 20.7 Å². The molecule has 134 valence electrons. The largest absolute Gasteiger partial charge is 0.469 e. The monoisotopic (exact) mass is 372 g/mol. The number of benzene rings is 2. The number of ether oxygens (including phenoxy) is 1. The van der Waals surface area contributed by atoms with Crippen LogP contribution in [0, 0.1) is 0 Å². The second kappa shape index (κ2) is 7.58. The van der Waals surface area contributed by atoms with E-state index in [2.05, 4.69) is 5.32 Å². The summed E-state index contributed by atoms with van der Waals surface area (Å²) >= 11 is 5.51. The van der Waals surface area contributed by atoms with Crippen molar-refractivity contribution in [3.63, 3.8) is 0 Å². The zero-order chi connectivity index (χ0) is 18.7. The number of amides is 3. The van der Waals surface area contributed by atoms with Crippen molar-refractivity contribution in [3.05, 3.63) is 59.7 Å². The minimum absolute atomic E-state index is 0.326. The molecule has 2 aromatic carbocycles. The number of carbonyl (C=O) groups excluding carboxylic acids is 3. The second-order valence-electron chi connectivity index (χ2n) is 5.79. The Hall–Kier alpha value is -2.86. The van der Waals surface area contributed by atoms with Gasteiger partial charge in [-0.25, -0.2) is 4.79 Å². The molecule has 3 rings (SSSR count). The lowest BCUT2D eigenvalue weighted by atomic mass is 9.92. The van der Waals surface area contributed by atoms with Gasteiger partial charge in [0, 0.05) is 0 Å². The molecule has 0 bridgehead atoms. The molecule has 0 radical (unpaired) electrons. The maximum Gasteiger partial charge on any atom is 0.333 e. The zero-order valence-corrected chi connectivity index (χ0v) is 14.8. The second-order valence-corrected chi connectivity index (χ2v) is 6.06. The molecule has 0 spiro atoms. The van der Waals surface area contributed by atoms with Crippen LogP contribution < -0.4 is 10.2 Å². The number of nitrogens with zero attached hydrogens (tertiary/aromatic N) is 1. The van der Waals surface area contributed by atoms with E-state index >= 15 is 0 Å². The molecule has 1 aliphatic rings. The highest BCUT2D eigenvalue weighted by molar-refractivity contribution is 6.29. The summed E-state index contributed by atoms with van der Waals surface area (Å²) in [4.78, 5) is 38.2. The Bertz CT molecular complexity index is 868. The topological polar surface area (TPSA) is 75.7 Å². The molecule has 7 heteroatoms. The third kappa shape index (κ3) is 3.28. The Labute approximate surface area is 155 Å². The fourth-order valence-corrected chi connectivity index (χ4v) is 3.19. The molecule has 6 nitrogen and oxygen atoms in total. The van der Waals surface area contributed by atoms with Crippen molar-refractivity contribution >= 4 is 40.9 Å². The third-order valence-corrected chi connectivity index (χ3v) is 4.51. The molecule has 0 saturated heterocycles. The van der Waals surface area contributed by atoms with Crippen LogP contribution >= 0.6 is 11.6 Å². The van der Waals surface area contributed by atoms with Crippen LogP contribution in [0.5, 0.6) is 0 Å². The van der Waals surface area contributed by atoms with Crippen molar-refractivity contribution in [2.45, 2.75) is 12.3 Å². The summed E-state index contributed by atoms with van der Waals surface area (Å²) < 4.78 is 4.97. The van der Waals surface area contributed by atoms with Gasteiger partial charge in [-0.2, -0.15) is 0 Å². The molecule has 1 N–H and O–H groups in total. The number of rotatable bonds is 2. The van der Waals surface area contributed by atoms with E-state index in [0.29, 0.717) is 23.4 Å². The number of urea groups is 1. The van der Waals surface area contributed by atoms with Gasteiger partial charge in [-0.1, -0.05) is 36.4 Å². The molecule has 1 atom stereocenters. The third-order valence-electron chi connectivity index (χ3n) is 4.27. The van der Waals surface area contributed by atoms with Crippen LogP contribution in [0.15, 0.2) is 48.5 Å². The van der Waals surface area contributed by atoms with E-state index < -0.39 is 17.9 Å². The van der Waals surface area contributed by atoms with Gasteiger partial charge in [-0.3, -0.25) is 19.8 Å². The van der Waals surface area contributed by atoms with E-state index in [9.17, 15) is 14.4 Å². The number of hydrogen-bond donors (Lipinski definition) is 1. The summed E-state index contributed by atoms with van der Waals surface area (Å²) in [5.41, 5.74) is 2.58. The lowest BCUT2D eigenvalue weighted by molar-refractivity contribution is -0.142. The molecular formula is C19H17ClN2O4. The van der Waals surface area contributed by atoms with E-state index in [1.54, 1.807) is 36.4 Å². The number of nitrogens with one attached hydrogen (secondary N) is 1. The number of para-hydroxylation sites is 2. The molecule has 0 saturated carbocycles. The molecule has 1 aliphatic heterocycles. The number of halogens is 1. The Morgan fingerprint density at radius 3 is 2.46 bits per heavy atom. The summed E-state index contributed by atoms with van der Waals surface area (Å²) in [5.74, 6) is -1.86. The predicted molar refractivity (Wildman–Crippen MR) is 97.7 cm³/mol. The molecule has 2 aromatic rings. The fraction of sp³-hybridized carbons (Fsp3) is 0.211. The first kappa shape index (κ1) is 17.9.